The Bertz CT molecular complexity index is 310. The molecule has 1 aliphatic carbocycles. The van der Waals surface area contributed by atoms with Gasteiger partial charge in [-0.05, 0) is 24.8 Å². The van der Waals surface area contributed by atoms with Crippen molar-refractivity contribution in [3.63, 3.8) is 0 Å². The monoisotopic (exact) mass is 221 g/mol. The number of furan rings is 1. The third-order valence-corrected chi connectivity index (χ3v) is 3.87. The Labute approximate surface area is 98.2 Å². The molecule has 0 aromatic carbocycles. The molecular weight excluding hydrogens is 198 g/mol. The van der Waals surface area contributed by atoms with Gasteiger partial charge in [0.25, 0.3) is 0 Å². The van der Waals surface area contributed by atoms with Crippen molar-refractivity contribution in [2.45, 2.75) is 57.9 Å². The predicted molar refractivity (Wildman–Crippen MR) is 66.2 cm³/mol. The summed E-state index contributed by atoms with van der Waals surface area (Å²) in [5.41, 5.74) is 7.64. The third-order valence-electron chi connectivity index (χ3n) is 3.87. The smallest absolute Gasteiger partial charge is 0.108 e. The van der Waals surface area contributed by atoms with Gasteiger partial charge in [0.1, 0.15) is 5.76 Å². The standard InChI is InChI=1S/C14H23NO/c1-2-13-12(9-10-16-13)14(15)11-7-5-3-4-6-8-11/h9-11,14H,2-8,15H2,1H3. The predicted octanol–water partition coefficient (Wildman–Crippen LogP) is 3.81. The van der Waals surface area contributed by atoms with E-state index in [1.54, 1.807) is 6.26 Å². The molecule has 2 nitrogen and oxygen atoms in total. The van der Waals surface area contributed by atoms with Crippen molar-refractivity contribution in [3.05, 3.63) is 23.7 Å². The van der Waals surface area contributed by atoms with E-state index in [2.05, 4.69) is 13.0 Å². The Morgan fingerprint density at radius 1 is 1.31 bits per heavy atom. The molecule has 2 rings (SSSR count). The van der Waals surface area contributed by atoms with Gasteiger partial charge in [-0.25, -0.2) is 0 Å². The number of nitrogens with two attached hydrogens (primary N) is 1. The van der Waals surface area contributed by atoms with Crippen LogP contribution >= 0.6 is 0 Å². The minimum atomic E-state index is 0.187. The SMILES string of the molecule is CCc1occc1C(N)C1CCCCCC1. The van der Waals surface area contributed by atoms with Crippen LogP contribution in [-0.4, -0.2) is 0 Å². The Hall–Kier alpha value is -0.760. The van der Waals surface area contributed by atoms with Crippen molar-refractivity contribution >= 4 is 0 Å². The van der Waals surface area contributed by atoms with Gasteiger partial charge in [0, 0.05) is 18.0 Å². The van der Waals surface area contributed by atoms with E-state index < -0.39 is 0 Å². The summed E-state index contributed by atoms with van der Waals surface area (Å²) in [4.78, 5) is 0. The minimum Gasteiger partial charge on any atom is -0.469 e. The second-order valence-corrected chi connectivity index (χ2v) is 4.93. The van der Waals surface area contributed by atoms with E-state index >= 15 is 0 Å². The number of hydrogen-bond acceptors (Lipinski definition) is 2. The highest BCUT2D eigenvalue weighted by Gasteiger charge is 2.23. The summed E-state index contributed by atoms with van der Waals surface area (Å²) >= 11 is 0. The second kappa shape index (κ2) is 5.53. The van der Waals surface area contributed by atoms with Crippen LogP contribution in [0.25, 0.3) is 0 Å². The number of aryl methyl sites for hydroxylation is 1. The molecule has 1 aromatic rings. The lowest BCUT2D eigenvalue weighted by Gasteiger charge is -2.22. The van der Waals surface area contributed by atoms with Crippen LogP contribution < -0.4 is 5.73 Å². The molecule has 1 heterocycles. The first-order chi connectivity index (χ1) is 7.83. The maximum Gasteiger partial charge on any atom is 0.108 e. The van der Waals surface area contributed by atoms with E-state index in [-0.39, 0.29) is 6.04 Å². The summed E-state index contributed by atoms with van der Waals surface area (Å²) in [6.45, 7) is 2.13. The molecule has 1 aliphatic rings. The summed E-state index contributed by atoms with van der Waals surface area (Å²) in [5.74, 6) is 1.74. The molecule has 0 amide bonds. The van der Waals surface area contributed by atoms with Gasteiger partial charge < -0.3 is 10.2 Å². The minimum absolute atomic E-state index is 0.187. The summed E-state index contributed by atoms with van der Waals surface area (Å²) in [7, 11) is 0. The van der Waals surface area contributed by atoms with Crippen LogP contribution in [0.15, 0.2) is 16.7 Å². The van der Waals surface area contributed by atoms with Crippen LogP contribution in [0.2, 0.25) is 0 Å². The van der Waals surface area contributed by atoms with Crippen LogP contribution in [0.5, 0.6) is 0 Å². The first-order valence-electron chi connectivity index (χ1n) is 6.64. The fraction of sp³-hybridized carbons (Fsp3) is 0.714. The van der Waals surface area contributed by atoms with E-state index in [9.17, 15) is 0 Å². The maximum atomic E-state index is 6.40. The fourth-order valence-electron chi connectivity index (χ4n) is 2.86. The molecule has 1 atom stereocenters. The molecule has 0 radical (unpaired) electrons. The lowest BCUT2D eigenvalue weighted by Crippen LogP contribution is -2.21. The van der Waals surface area contributed by atoms with Crippen molar-refractivity contribution in [2.24, 2.45) is 11.7 Å². The van der Waals surface area contributed by atoms with Crippen LogP contribution in [0.4, 0.5) is 0 Å². The van der Waals surface area contributed by atoms with Crippen LogP contribution in [0, 0.1) is 5.92 Å². The van der Waals surface area contributed by atoms with Gasteiger partial charge in [-0.1, -0.05) is 32.6 Å². The second-order valence-electron chi connectivity index (χ2n) is 4.93. The zero-order valence-electron chi connectivity index (χ0n) is 10.2. The quantitative estimate of drug-likeness (QED) is 0.788. The highest BCUT2D eigenvalue weighted by molar-refractivity contribution is 5.21. The molecule has 1 saturated carbocycles. The Morgan fingerprint density at radius 3 is 2.62 bits per heavy atom. The first-order valence-corrected chi connectivity index (χ1v) is 6.64. The average molecular weight is 221 g/mol. The summed E-state index contributed by atoms with van der Waals surface area (Å²) in [6, 6.07) is 2.25. The largest absolute Gasteiger partial charge is 0.469 e. The number of rotatable bonds is 3. The van der Waals surface area contributed by atoms with Gasteiger partial charge in [-0.3, -0.25) is 0 Å². The van der Waals surface area contributed by atoms with Crippen LogP contribution in [0.3, 0.4) is 0 Å². The van der Waals surface area contributed by atoms with E-state index in [4.69, 9.17) is 10.2 Å². The average Bonchev–Trinajstić information content (AvgIpc) is 2.61. The zero-order chi connectivity index (χ0) is 11.4. The van der Waals surface area contributed by atoms with E-state index in [1.165, 1.54) is 44.1 Å². The van der Waals surface area contributed by atoms with Gasteiger partial charge in [-0.15, -0.1) is 0 Å². The molecule has 1 fully saturated rings. The molecular formula is C14H23NO. The van der Waals surface area contributed by atoms with Gasteiger partial charge in [0.2, 0.25) is 0 Å². The molecule has 2 heteroatoms. The lowest BCUT2D eigenvalue weighted by atomic mass is 9.87. The molecule has 0 spiro atoms. The molecule has 0 bridgehead atoms. The van der Waals surface area contributed by atoms with Crippen molar-refractivity contribution in [3.8, 4) is 0 Å². The molecule has 0 aliphatic heterocycles. The fourth-order valence-corrected chi connectivity index (χ4v) is 2.86. The van der Waals surface area contributed by atoms with Crippen LogP contribution in [0.1, 0.15) is 62.8 Å². The van der Waals surface area contributed by atoms with Crippen molar-refractivity contribution in [1.82, 2.24) is 0 Å². The molecule has 2 N–H and O–H groups in total. The van der Waals surface area contributed by atoms with Gasteiger partial charge in [0.05, 0.1) is 6.26 Å². The van der Waals surface area contributed by atoms with Gasteiger partial charge >= 0.3 is 0 Å². The number of hydrogen-bond donors (Lipinski definition) is 1. The van der Waals surface area contributed by atoms with E-state index in [1.807, 2.05) is 0 Å². The summed E-state index contributed by atoms with van der Waals surface area (Å²) in [5, 5.41) is 0. The highest BCUT2D eigenvalue weighted by Crippen LogP contribution is 2.33. The molecule has 1 aromatic heterocycles. The molecule has 0 saturated heterocycles. The Kier molecular flexibility index (Phi) is 4.05. The zero-order valence-corrected chi connectivity index (χ0v) is 10.2. The summed E-state index contributed by atoms with van der Waals surface area (Å²) in [6.07, 6.45) is 10.8. The highest BCUT2D eigenvalue weighted by atomic mass is 16.3. The van der Waals surface area contributed by atoms with Gasteiger partial charge in [0.15, 0.2) is 0 Å². The maximum absolute atomic E-state index is 6.40. The molecule has 90 valence electrons. The van der Waals surface area contributed by atoms with E-state index in [0.717, 1.165) is 12.2 Å². The normalized spacial score (nSPS) is 20.6. The summed E-state index contributed by atoms with van der Waals surface area (Å²) < 4.78 is 5.48. The molecule has 16 heavy (non-hydrogen) atoms. The van der Waals surface area contributed by atoms with Crippen molar-refractivity contribution in [1.29, 1.82) is 0 Å². The Balaban J connectivity index is 2.07. The molecule has 1 unspecified atom stereocenters. The van der Waals surface area contributed by atoms with Crippen molar-refractivity contribution in [2.75, 3.05) is 0 Å². The lowest BCUT2D eigenvalue weighted by molar-refractivity contribution is 0.376. The van der Waals surface area contributed by atoms with Crippen molar-refractivity contribution < 1.29 is 4.42 Å². The van der Waals surface area contributed by atoms with Crippen LogP contribution in [-0.2, 0) is 6.42 Å². The Morgan fingerprint density at radius 2 is 2.00 bits per heavy atom. The topological polar surface area (TPSA) is 39.2 Å². The first kappa shape index (κ1) is 11.7. The van der Waals surface area contributed by atoms with E-state index in [0.29, 0.717) is 5.92 Å². The third kappa shape index (κ3) is 2.49. The van der Waals surface area contributed by atoms with Gasteiger partial charge in [-0.2, -0.15) is 0 Å².